The second kappa shape index (κ2) is 4.37. The van der Waals surface area contributed by atoms with Crippen molar-refractivity contribution < 1.29 is 19.7 Å². The van der Waals surface area contributed by atoms with Gasteiger partial charge in [-0.3, -0.25) is 0 Å². The second-order valence-corrected chi connectivity index (χ2v) is 3.85. The van der Waals surface area contributed by atoms with Crippen LogP contribution in [-0.4, -0.2) is 41.4 Å². The molecule has 4 heteroatoms. The van der Waals surface area contributed by atoms with E-state index in [0.717, 1.165) is 0 Å². The van der Waals surface area contributed by atoms with E-state index in [2.05, 4.69) is 0 Å². The first-order valence-corrected chi connectivity index (χ1v) is 4.64. The van der Waals surface area contributed by atoms with Gasteiger partial charge in [0.1, 0.15) is 0 Å². The maximum Gasteiger partial charge on any atom is 0.163 e. The molecule has 78 valence electrons. The van der Waals surface area contributed by atoms with E-state index in [4.69, 9.17) is 14.6 Å². The molecule has 1 heterocycles. The molecule has 0 radical (unpaired) electrons. The van der Waals surface area contributed by atoms with Crippen LogP contribution in [0.25, 0.3) is 0 Å². The van der Waals surface area contributed by atoms with Gasteiger partial charge < -0.3 is 19.7 Å². The molecule has 2 atom stereocenters. The highest BCUT2D eigenvalue weighted by molar-refractivity contribution is 4.73. The summed E-state index contributed by atoms with van der Waals surface area (Å²) in [7, 11) is 0. The van der Waals surface area contributed by atoms with Crippen LogP contribution in [0.3, 0.4) is 0 Å². The summed E-state index contributed by atoms with van der Waals surface area (Å²) in [6.07, 6.45) is 0.397. The molecule has 0 aliphatic carbocycles. The predicted molar refractivity (Wildman–Crippen MR) is 47.2 cm³/mol. The third-order valence-corrected chi connectivity index (χ3v) is 2.06. The molecule has 1 rings (SSSR count). The van der Waals surface area contributed by atoms with Crippen LogP contribution in [0.1, 0.15) is 26.7 Å². The first kappa shape index (κ1) is 10.9. The molecular weight excluding hydrogens is 172 g/mol. The third-order valence-electron chi connectivity index (χ3n) is 2.06. The maximum absolute atomic E-state index is 9.38. The van der Waals surface area contributed by atoms with Crippen LogP contribution in [0.2, 0.25) is 0 Å². The van der Waals surface area contributed by atoms with Gasteiger partial charge in [-0.05, 0) is 20.3 Å². The minimum Gasteiger partial charge on any atom is -0.396 e. The fraction of sp³-hybridized carbons (Fsp3) is 1.00. The topological polar surface area (TPSA) is 58.9 Å². The Morgan fingerprint density at radius 2 is 2.23 bits per heavy atom. The summed E-state index contributed by atoms with van der Waals surface area (Å²) in [6.45, 7) is 4.24. The SMILES string of the molecule is CC1(C)OC[C@H](C[C@@H](O)CCO)O1. The molecule has 4 nitrogen and oxygen atoms in total. The molecule has 0 aromatic carbocycles. The Morgan fingerprint density at radius 3 is 2.69 bits per heavy atom. The number of aliphatic hydroxyl groups excluding tert-OH is 2. The van der Waals surface area contributed by atoms with Gasteiger partial charge in [0.25, 0.3) is 0 Å². The van der Waals surface area contributed by atoms with Gasteiger partial charge in [0.05, 0.1) is 18.8 Å². The molecule has 13 heavy (non-hydrogen) atoms. The lowest BCUT2D eigenvalue weighted by Gasteiger charge is -2.18. The average molecular weight is 190 g/mol. The van der Waals surface area contributed by atoms with Crippen molar-refractivity contribution in [2.75, 3.05) is 13.2 Å². The molecule has 1 aliphatic heterocycles. The van der Waals surface area contributed by atoms with Crippen molar-refractivity contribution in [1.82, 2.24) is 0 Å². The Kier molecular flexibility index (Phi) is 3.67. The van der Waals surface area contributed by atoms with Gasteiger partial charge in [-0.25, -0.2) is 0 Å². The van der Waals surface area contributed by atoms with E-state index in [0.29, 0.717) is 19.4 Å². The summed E-state index contributed by atoms with van der Waals surface area (Å²) in [6, 6.07) is 0. The van der Waals surface area contributed by atoms with Gasteiger partial charge in [-0.1, -0.05) is 0 Å². The Labute approximate surface area is 78.5 Å². The van der Waals surface area contributed by atoms with Crippen LogP contribution in [0.5, 0.6) is 0 Å². The highest BCUT2D eigenvalue weighted by Crippen LogP contribution is 2.25. The van der Waals surface area contributed by atoms with Crippen LogP contribution >= 0.6 is 0 Å². The smallest absolute Gasteiger partial charge is 0.163 e. The first-order valence-electron chi connectivity index (χ1n) is 4.64. The summed E-state index contributed by atoms with van der Waals surface area (Å²) in [5.74, 6) is -0.524. The molecule has 1 aliphatic rings. The zero-order valence-corrected chi connectivity index (χ0v) is 8.19. The van der Waals surface area contributed by atoms with Gasteiger partial charge in [0.2, 0.25) is 0 Å². The molecule has 2 N–H and O–H groups in total. The van der Waals surface area contributed by atoms with Gasteiger partial charge in [-0.15, -0.1) is 0 Å². The Bertz CT molecular complexity index is 158. The number of hydrogen-bond donors (Lipinski definition) is 2. The summed E-state index contributed by atoms with van der Waals surface area (Å²) >= 11 is 0. The van der Waals surface area contributed by atoms with Crippen LogP contribution in [0, 0.1) is 0 Å². The van der Waals surface area contributed by atoms with Crippen molar-refractivity contribution in [2.24, 2.45) is 0 Å². The normalized spacial score (nSPS) is 29.1. The monoisotopic (exact) mass is 190 g/mol. The zero-order valence-electron chi connectivity index (χ0n) is 8.19. The summed E-state index contributed by atoms with van der Waals surface area (Å²) < 4.78 is 10.8. The standard InChI is InChI=1S/C9H18O4/c1-9(2)12-6-8(13-9)5-7(11)3-4-10/h7-8,10-11H,3-6H2,1-2H3/t7-,8-/m0/s1. The molecule has 1 saturated heterocycles. The van der Waals surface area contributed by atoms with E-state index in [9.17, 15) is 5.11 Å². The van der Waals surface area contributed by atoms with Crippen molar-refractivity contribution >= 4 is 0 Å². The van der Waals surface area contributed by atoms with Crippen LogP contribution < -0.4 is 0 Å². The molecule has 1 fully saturated rings. The van der Waals surface area contributed by atoms with Gasteiger partial charge in [0.15, 0.2) is 5.79 Å². The van der Waals surface area contributed by atoms with Crippen molar-refractivity contribution in [1.29, 1.82) is 0 Å². The molecule has 0 aromatic heterocycles. The zero-order chi connectivity index (χ0) is 9.90. The largest absolute Gasteiger partial charge is 0.396 e. The Morgan fingerprint density at radius 1 is 1.54 bits per heavy atom. The van der Waals surface area contributed by atoms with E-state index in [-0.39, 0.29) is 12.7 Å². The third kappa shape index (κ3) is 3.60. The fourth-order valence-electron chi connectivity index (χ4n) is 1.45. The molecule has 0 amide bonds. The molecule has 0 saturated carbocycles. The minimum atomic E-state index is -0.524. The molecule has 0 aromatic rings. The van der Waals surface area contributed by atoms with E-state index in [1.165, 1.54) is 0 Å². The number of aliphatic hydroxyl groups is 2. The van der Waals surface area contributed by atoms with E-state index < -0.39 is 11.9 Å². The average Bonchev–Trinajstić information content (AvgIpc) is 2.30. The molecule has 0 unspecified atom stereocenters. The Hall–Kier alpha value is -0.160. The van der Waals surface area contributed by atoms with Crippen molar-refractivity contribution in [3.63, 3.8) is 0 Å². The molecule has 0 bridgehead atoms. The highest BCUT2D eigenvalue weighted by atomic mass is 16.7. The first-order chi connectivity index (χ1) is 6.03. The van der Waals surface area contributed by atoms with Crippen molar-refractivity contribution in [2.45, 2.75) is 44.7 Å². The summed E-state index contributed by atoms with van der Waals surface area (Å²) in [5, 5.41) is 18.0. The second-order valence-electron chi connectivity index (χ2n) is 3.85. The van der Waals surface area contributed by atoms with Crippen molar-refractivity contribution in [3.05, 3.63) is 0 Å². The lowest BCUT2D eigenvalue weighted by molar-refractivity contribution is -0.141. The summed E-state index contributed by atoms with van der Waals surface area (Å²) in [5.41, 5.74) is 0. The predicted octanol–water partition coefficient (Wildman–Crippen LogP) is 0.271. The van der Waals surface area contributed by atoms with Crippen LogP contribution in [0.4, 0.5) is 0 Å². The van der Waals surface area contributed by atoms with Gasteiger partial charge in [-0.2, -0.15) is 0 Å². The number of ether oxygens (including phenoxy) is 2. The number of rotatable bonds is 4. The van der Waals surface area contributed by atoms with Crippen molar-refractivity contribution in [3.8, 4) is 0 Å². The molecular formula is C9H18O4. The van der Waals surface area contributed by atoms with Gasteiger partial charge >= 0.3 is 0 Å². The van der Waals surface area contributed by atoms with E-state index in [1.807, 2.05) is 13.8 Å². The minimum absolute atomic E-state index is 0.0120. The number of hydrogen-bond acceptors (Lipinski definition) is 4. The highest BCUT2D eigenvalue weighted by Gasteiger charge is 2.33. The van der Waals surface area contributed by atoms with Crippen LogP contribution in [0.15, 0.2) is 0 Å². The summed E-state index contributed by atoms with van der Waals surface area (Å²) in [4.78, 5) is 0. The van der Waals surface area contributed by atoms with E-state index in [1.54, 1.807) is 0 Å². The quantitative estimate of drug-likeness (QED) is 0.668. The maximum atomic E-state index is 9.38. The lowest BCUT2D eigenvalue weighted by atomic mass is 10.1. The van der Waals surface area contributed by atoms with Gasteiger partial charge in [0, 0.05) is 13.0 Å². The fourth-order valence-corrected chi connectivity index (χ4v) is 1.45. The lowest BCUT2D eigenvalue weighted by Crippen LogP contribution is -2.24. The van der Waals surface area contributed by atoms with Crippen LogP contribution in [-0.2, 0) is 9.47 Å². The van der Waals surface area contributed by atoms with E-state index >= 15 is 0 Å². The molecule has 0 spiro atoms. The Balaban J connectivity index is 2.24.